The number of carbonyl (C=O) groups is 1. The number of aliphatic hydroxyl groups is 1. The zero-order valence-electron chi connectivity index (χ0n) is 15.4. The molecule has 0 radical (unpaired) electrons. The first-order valence-corrected chi connectivity index (χ1v) is 9.22. The average molecular weight is 359 g/mol. The van der Waals surface area contributed by atoms with E-state index in [1.165, 1.54) is 5.56 Å². The van der Waals surface area contributed by atoms with Gasteiger partial charge in [0, 0.05) is 36.3 Å². The zero-order chi connectivity index (χ0) is 18.8. The summed E-state index contributed by atoms with van der Waals surface area (Å²) in [4.78, 5) is 19.4. The molecule has 5 rings (SSSR count). The van der Waals surface area contributed by atoms with Gasteiger partial charge in [0.2, 0.25) is 0 Å². The molecule has 0 atom stereocenters. The lowest BCUT2D eigenvalue weighted by molar-refractivity contribution is 0.0705. The molecule has 0 unspecified atom stereocenters. The van der Waals surface area contributed by atoms with Crippen molar-refractivity contribution in [1.82, 2.24) is 14.5 Å². The molecule has 136 valence electrons. The lowest BCUT2D eigenvalue weighted by Gasteiger charge is -2.27. The van der Waals surface area contributed by atoms with Crippen LogP contribution in [-0.4, -0.2) is 32.5 Å². The molecule has 2 aromatic heterocycles. The summed E-state index contributed by atoms with van der Waals surface area (Å²) in [6, 6.07) is 12.3. The third-order valence-corrected chi connectivity index (χ3v) is 5.95. The number of aryl methyl sites for hydroxylation is 1. The van der Waals surface area contributed by atoms with Gasteiger partial charge in [0.05, 0.1) is 17.8 Å². The van der Waals surface area contributed by atoms with E-state index in [1.54, 1.807) is 6.07 Å². The summed E-state index contributed by atoms with van der Waals surface area (Å²) < 4.78 is 1.94. The summed E-state index contributed by atoms with van der Waals surface area (Å²) in [7, 11) is 1.89. The van der Waals surface area contributed by atoms with Crippen LogP contribution >= 0.6 is 0 Å². The number of amides is 1. The van der Waals surface area contributed by atoms with E-state index in [0.29, 0.717) is 5.69 Å². The molecule has 1 fully saturated rings. The highest BCUT2D eigenvalue weighted by Gasteiger charge is 2.53. The smallest absolute Gasteiger partial charge is 0.271 e. The number of benzene rings is 1. The van der Waals surface area contributed by atoms with E-state index in [2.05, 4.69) is 29.2 Å². The van der Waals surface area contributed by atoms with Gasteiger partial charge in [0.1, 0.15) is 5.69 Å². The van der Waals surface area contributed by atoms with Crippen molar-refractivity contribution >= 4 is 5.91 Å². The van der Waals surface area contributed by atoms with Gasteiger partial charge in [-0.05, 0) is 49.1 Å². The minimum absolute atomic E-state index is 0.00181. The van der Waals surface area contributed by atoms with E-state index in [4.69, 9.17) is 0 Å². The summed E-state index contributed by atoms with van der Waals surface area (Å²) >= 11 is 0. The van der Waals surface area contributed by atoms with E-state index in [9.17, 15) is 9.90 Å². The topological polar surface area (TPSA) is 58.4 Å². The molecule has 27 heavy (non-hydrogen) atoms. The fraction of sp³-hybridized carbons (Fsp3) is 0.273. The molecule has 5 heteroatoms. The Morgan fingerprint density at radius 1 is 1.15 bits per heavy atom. The van der Waals surface area contributed by atoms with E-state index >= 15 is 0 Å². The van der Waals surface area contributed by atoms with Gasteiger partial charge in [0.15, 0.2) is 0 Å². The Hall–Kier alpha value is -2.92. The number of pyridine rings is 1. The first-order valence-electron chi connectivity index (χ1n) is 9.22. The summed E-state index contributed by atoms with van der Waals surface area (Å²) in [5.41, 5.74) is 6.41. The largest absolute Gasteiger partial charge is 0.392 e. The zero-order valence-corrected chi connectivity index (χ0v) is 15.4. The number of fused-ring (bicyclic) bond motifs is 4. The van der Waals surface area contributed by atoms with Crippen LogP contribution in [0.15, 0.2) is 48.8 Å². The highest BCUT2D eigenvalue weighted by atomic mass is 16.3. The summed E-state index contributed by atoms with van der Waals surface area (Å²) in [5, 5.41) is 9.58. The molecule has 2 aliphatic rings. The molecule has 3 heterocycles. The summed E-state index contributed by atoms with van der Waals surface area (Å²) in [5.74, 6) is 0.00181. The standard InChI is InChI=1S/C22H21N3O2/c1-14-3-4-17(11-23-14)16-5-6-18-19(10-16)25-12-15(13-26)9-20(25)21(27)24(2)22(18)7-8-22/h3-6,9-12,26H,7-8,13H2,1-2H3. The Bertz CT molecular complexity index is 1060. The van der Waals surface area contributed by atoms with Crippen molar-refractivity contribution in [3.8, 4) is 16.8 Å². The van der Waals surface area contributed by atoms with E-state index in [1.807, 2.05) is 41.9 Å². The molecule has 1 spiro atoms. The number of hydrogen-bond donors (Lipinski definition) is 1. The fourth-order valence-corrected chi connectivity index (χ4v) is 4.18. The third-order valence-electron chi connectivity index (χ3n) is 5.95. The number of hydrogen-bond acceptors (Lipinski definition) is 3. The molecule has 0 bridgehead atoms. The lowest BCUT2D eigenvalue weighted by Crippen LogP contribution is -2.36. The maximum atomic E-state index is 13.1. The normalized spacial score (nSPS) is 16.9. The van der Waals surface area contributed by atoms with Crippen LogP contribution in [0.5, 0.6) is 0 Å². The predicted octanol–water partition coefficient (Wildman–Crippen LogP) is 3.41. The highest BCUT2D eigenvalue weighted by Crippen LogP contribution is 2.54. The van der Waals surface area contributed by atoms with Crippen molar-refractivity contribution < 1.29 is 9.90 Å². The van der Waals surface area contributed by atoms with Crippen LogP contribution in [0.2, 0.25) is 0 Å². The Labute approximate surface area is 157 Å². The molecular weight excluding hydrogens is 338 g/mol. The van der Waals surface area contributed by atoms with Gasteiger partial charge in [-0.15, -0.1) is 0 Å². The molecule has 3 aromatic rings. The maximum absolute atomic E-state index is 13.1. The van der Waals surface area contributed by atoms with Gasteiger partial charge in [-0.1, -0.05) is 18.2 Å². The van der Waals surface area contributed by atoms with Crippen molar-refractivity contribution in [1.29, 1.82) is 0 Å². The van der Waals surface area contributed by atoms with Crippen LogP contribution in [0.25, 0.3) is 16.8 Å². The highest BCUT2D eigenvalue weighted by molar-refractivity contribution is 5.96. The van der Waals surface area contributed by atoms with Crippen LogP contribution < -0.4 is 0 Å². The van der Waals surface area contributed by atoms with Crippen molar-refractivity contribution in [3.05, 3.63) is 71.3 Å². The minimum atomic E-state index is -0.213. The summed E-state index contributed by atoms with van der Waals surface area (Å²) in [6.07, 6.45) is 5.71. The molecule has 1 aromatic carbocycles. The van der Waals surface area contributed by atoms with E-state index in [-0.39, 0.29) is 18.1 Å². The maximum Gasteiger partial charge on any atom is 0.271 e. The van der Waals surface area contributed by atoms with Crippen molar-refractivity contribution in [3.63, 3.8) is 0 Å². The monoisotopic (exact) mass is 359 g/mol. The summed E-state index contributed by atoms with van der Waals surface area (Å²) in [6.45, 7) is 1.89. The van der Waals surface area contributed by atoms with Crippen LogP contribution in [0.1, 0.15) is 40.2 Å². The first-order chi connectivity index (χ1) is 13.0. The van der Waals surface area contributed by atoms with Crippen molar-refractivity contribution in [2.75, 3.05) is 7.05 Å². The van der Waals surface area contributed by atoms with Gasteiger partial charge in [0.25, 0.3) is 5.91 Å². The van der Waals surface area contributed by atoms with Crippen LogP contribution in [0.3, 0.4) is 0 Å². The van der Waals surface area contributed by atoms with Gasteiger partial charge in [-0.2, -0.15) is 0 Å². The van der Waals surface area contributed by atoms with Gasteiger partial charge in [-0.3, -0.25) is 9.78 Å². The van der Waals surface area contributed by atoms with E-state index in [0.717, 1.165) is 40.9 Å². The molecule has 1 aliphatic carbocycles. The first kappa shape index (κ1) is 16.3. The average Bonchev–Trinajstić information content (AvgIpc) is 3.39. The van der Waals surface area contributed by atoms with Crippen molar-refractivity contribution in [2.24, 2.45) is 0 Å². The number of carbonyl (C=O) groups excluding carboxylic acids is 1. The van der Waals surface area contributed by atoms with Crippen LogP contribution in [-0.2, 0) is 12.1 Å². The number of aromatic nitrogens is 2. The number of aliphatic hydroxyl groups excluding tert-OH is 1. The van der Waals surface area contributed by atoms with E-state index < -0.39 is 0 Å². The number of nitrogens with zero attached hydrogens (tertiary/aromatic N) is 3. The molecule has 1 N–H and O–H groups in total. The lowest BCUT2D eigenvalue weighted by atomic mass is 9.97. The van der Waals surface area contributed by atoms with Gasteiger partial charge < -0.3 is 14.6 Å². The fourth-order valence-electron chi connectivity index (χ4n) is 4.18. The van der Waals surface area contributed by atoms with Crippen LogP contribution in [0.4, 0.5) is 0 Å². The Balaban J connectivity index is 1.76. The quantitative estimate of drug-likeness (QED) is 0.763. The molecule has 5 nitrogen and oxygen atoms in total. The Kier molecular flexibility index (Phi) is 3.34. The predicted molar refractivity (Wildman–Crippen MR) is 103 cm³/mol. The third kappa shape index (κ3) is 2.28. The Morgan fingerprint density at radius 3 is 2.59 bits per heavy atom. The molecular formula is C22H21N3O2. The molecule has 1 amide bonds. The molecule has 0 saturated heterocycles. The second kappa shape index (κ2) is 5.54. The SMILES string of the molecule is Cc1ccc(-c2ccc3c(c2)-n2cc(CO)cc2C(=O)N(C)C32CC2)cn1. The molecule has 1 saturated carbocycles. The van der Waals surface area contributed by atoms with Gasteiger partial charge >= 0.3 is 0 Å². The number of rotatable bonds is 2. The van der Waals surface area contributed by atoms with Crippen LogP contribution in [0, 0.1) is 6.92 Å². The van der Waals surface area contributed by atoms with Crippen molar-refractivity contribution in [2.45, 2.75) is 31.9 Å². The second-order valence-electron chi connectivity index (χ2n) is 7.58. The second-order valence-corrected chi connectivity index (χ2v) is 7.58. The van der Waals surface area contributed by atoms with Gasteiger partial charge in [-0.25, -0.2) is 0 Å². The Morgan fingerprint density at radius 2 is 1.93 bits per heavy atom. The molecule has 1 aliphatic heterocycles. The minimum Gasteiger partial charge on any atom is -0.392 e.